The topological polar surface area (TPSA) is 60.3 Å². The molecule has 38 heavy (non-hydrogen) atoms. The number of rotatable bonds is 5. The molecule has 1 aliphatic carbocycles. The Kier molecular flexibility index (Phi) is 5.16. The standard InChI is InChI=1S/C29H28F3N5O/c1-17-2-4-22(13-21(30)10-17)34-27(38)29-23-12-19(3-5-24(23)35-26-25(29)37(26)29)20-11-18(14-33-15-20)16-36-8-6-28(31,32)7-9-36/h3-5,10-15,25-26,35H,2,6-9,16H2,1H3,(H,34,38)/t25-,26?,29?,37?/m0/s1. The van der Waals surface area contributed by atoms with Crippen molar-refractivity contribution in [1.29, 1.82) is 0 Å². The van der Waals surface area contributed by atoms with Crippen LogP contribution in [0.2, 0.25) is 0 Å². The number of likely N-dealkylation sites (tertiary alicyclic amines) is 1. The lowest BCUT2D eigenvalue weighted by Gasteiger charge is -2.34. The van der Waals surface area contributed by atoms with Crippen molar-refractivity contribution in [3.05, 3.63) is 83.1 Å². The summed E-state index contributed by atoms with van der Waals surface area (Å²) in [6.07, 6.45) is 8.75. The number of hydrogen-bond acceptors (Lipinski definition) is 5. The van der Waals surface area contributed by atoms with Crippen LogP contribution in [0.5, 0.6) is 0 Å². The van der Waals surface area contributed by atoms with Crippen LogP contribution >= 0.6 is 0 Å². The maximum absolute atomic E-state index is 14.2. The largest absolute Gasteiger partial charge is 0.368 e. The number of aromatic nitrogens is 1. The van der Waals surface area contributed by atoms with Crippen molar-refractivity contribution < 1.29 is 18.0 Å². The van der Waals surface area contributed by atoms with Gasteiger partial charge in [0.05, 0.1) is 12.2 Å². The molecule has 8 rings (SSSR count). The molecule has 0 saturated carbocycles. The minimum atomic E-state index is -2.57. The summed E-state index contributed by atoms with van der Waals surface area (Å²) < 4.78 is 41.3. The summed E-state index contributed by atoms with van der Waals surface area (Å²) in [6, 6.07) is 8.17. The second kappa shape index (κ2) is 8.28. The van der Waals surface area contributed by atoms with Crippen molar-refractivity contribution in [2.45, 2.75) is 56.4 Å². The molecule has 2 bridgehead atoms. The predicted molar refractivity (Wildman–Crippen MR) is 138 cm³/mol. The average molecular weight is 520 g/mol. The van der Waals surface area contributed by atoms with Crippen LogP contribution in [-0.4, -0.2) is 51.9 Å². The van der Waals surface area contributed by atoms with E-state index in [9.17, 15) is 18.0 Å². The third kappa shape index (κ3) is 3.79. The van der Waals surface area contributed by atoms with Gasteiger partial charge in [0.2, 0.25) is 0 Å². The van der Waals surface area contributed by atoms with E-state index in [1.54, 1.807) is 12.4 Å². The van der Waals surface area contributed by atoms with Crippen molar-refractivity contribution in [2.24, 2.45) is 0 Å². The van der Waals surface area contributed by atoms with Crippen LogP contribution in [0.4, 0.5) is 18.9 Å². The predicted octanol–water partition coefficient (Wildman–Crippen LogP) is 4.83. The Labute approximate surface area is 218 Å². The summed E-state index contributed by atoms with van der Waals surface area (Å²) in [6.45, 7) is 3.16. The number of anilines is 1. The number of pyridine rings is 1. The monoisotopic (exact) mass is 519 g/mol. The normalized spacial score (nSPS) is 30.4. The molecule has 0 radical (unpaired) electrons. The highest BCUT2D eigenvalue weighted by molar-refractivity contribution is 6.00. The SMILES string of the molecule is CC1=CC(F)=CC(NC(=O)C23c4cc(-c5cncc(CN6CCC(F)(F)CC6)c5)ccc4NC4[C@@H]2N43)=CC1. The maximum Gasteiger partial charge on any atom is 0.251 e. The Hall–Kier alpha value is -3.43. The highest BCUT2D eigenvalue weighted by Crippen LogP contribution is 2.71. The summed E-state index contributed by atoms with van der Waals surface area (Å²) in [7, 11) is 0. The Morgan fingerprint density at radius 3 is 2.74 bits per heavy atom. The van der Waals surface area contributed by atoms with E-state index < -0.39 is 11.5 Å². The van der Waals surface area contributed by atoms with Crippen molar-refractivity contribution in [2.75, 3.05) is 18.4 Å². The lowest BCUT2D eigenvalue weighted by molar-refractivity contribution is -0.125. The first-order valence-corrected chi connectivity index (χ1v) is 13.0. The van der Waals surface area contributed by atoms with Gasteiger partial charge in [0, 0.05) is 67.4 Å². The van der Waals surface area contributed by atoms with Crippen molar-refractivity contribution in [3.8, 4) is 11.1 Å². The minimum Gasteiger partial charge on any atom is -0.368 e. The van der Waals surface area contributed by atoms with Gasteiger partial charge in [0.1, 0.15) is 11.4 Å². The van der Waals surface area contributed by atoms with Gasteiger partial charge in [-0.15, -0.1) is 0 Å². The fourth-order valence-corrected chi connectivity index (χ4v) is 6.23. The number of alkyl halides is 2. The third-order valence-electron chi connectivity index (χ3n) is 8.36. The van der Waals surface area contributed by atoms with E-state index in [2.05, 4.69) is 20.5 Å². The van der Waals surface area contributed by atoms with Gasteiger partial charge < -0.3 is 10.6 Å². The van der Waals surface area contributed by atoms with Gasteiger partial charge in [-0.3, -0.25) is 19.6 Å². The molecule has 196 valence electrons. The summed E-state index contributed by atoms with van der Waals surface area (Å²) in [5.41, 5.74) is 5.24. The van der Waals surface area contributed by atoms with Crippen molar-refractivity contribution in [1.82, 2.24) is 20.1 Å². The van der Waals surface area contributed by atoms with E-state index in [0.717, 1.165) is 33.5 Å². The Bertz CT molecular complexity index is 1430. The third-order valence-corrected chi connectivity index (χ3v) is 8.36. The zero-order valence-electron chi connectivity index (χ0n) is 21.0. The average Bonchev–Trinajstić information content (AvgIpc) is 3.80. The molecule has 6 aliphatic rings. The molecule has 3 unspecified atom stereocenters. The van der Waals surface area contributed by atoms with Gasteiger partial charge in [-0.05, 0) is 54.8 Å². The molecule has 2 aromatic rings. The lowest BCUT2D eigenvalue weighted by atomic mass is 9.83. The number of piperidine rings is 1. The zero-order valence-corrected chi connectivity index (χ0v) is 21.0. The Morgan fingerprint density at radius 2 is 1.95 bits per heavy atom. The van der Waals surface area contributed by atoms with E-state index in [0.29, 0.717) is 31.8 Å². The van der Waals surface area contributed by atoms with Crippen LogP contribution in [0, 0.1) is 0 Å². The van der Waals surface area contributed by atoms with Gasteiger partial charge in [-0.25, -0.2) is 13.2 Å². The highest BCUT2D eigenvalue weighted by atomic mass is 19.3. The number of carbonyl (C=O) groups is 1. The summed E-state index contributed by atoms with van der Waals surface area (Å²) >= 11 is 0. The molecule has 3 fully saturated rings. The zero-order chi connectivity index (χ0) is 26.2. The van der Waals surface area contributed by atoms with E-state index in [1.807, 2.05) is 42.2 Å². The molecule has 1 aromatic heterocycles. The van der Waals surface area contributed by atoms with Crippen LogP contribution in [-0.2, 0) is 16.9 Å². The number of carbonyl (C=O) groups excluding carboxylic acids is 1. The molecular formula is C29H28F3N5O. The molecule has 3 saturated heterocycles. The molecule has 9 heteroatoms. The number of halogens is 3. The first kappa shape index (κ1) is 23.7. The van der Waals surface area contributed by atoms with Crippen LogP contribution in [0.25, 0.3) is 11.1 Å². The Balaban J connectivity index is 1.14. The highest BCUT2D eigenvalue weighted by Gasteiger charge is 2.89. The first-order chi connectivity index (χ1) is 18.2. The van der Waals surface area contributed by atoms with Crippen LogP contribution in [0.1, 0.15) is 37.3 Å². The molecule has 6 nitrogen and oxygen atoms in total. The molecule has 6 heterocycles. The lowest BCUT2D eigenvalue weighted by Crippen LogP contribution is -2.50. The fourth-order valence-electron chi connectivity index (χ4n) is 6.23. The smallest absolute Gasteiger partial charge is 0.251 e. The van der Waals surface area contributed by atoms with Crippen LogP contribution in [0.15, 0.2) is 72.0 Å². The molecule has 4 atom stereocenters. The number of nitrogens with one attached hydrogen (secondary N) is 2. The Morgan fingerprint density at radius 1 is 1.16 bits per heavy atom. The van der Waals surface area contributed by atoms with Crippen LogP contribution in [0.3, 0.4) is 0 Å². The quantitative estimate of drug-likeness (QED) is 0.555. The van der Waals surface area contributed by atoms with E-state index in [4.69, 9.17) is 0 Å². The summed E-state index contributed by atoms with van der Waals surface area (Å²) in [5, 5.41) is 6.46. The summed E-state index contributed by atoms with van der Waals surface area (Å²) in [4.78, 5) is 22.2. The molecule has 1 amide bonds. The van der Waals surface area contributed by atoms with Gasteiger partial charge in [-0.1, -0.05) is 17.7 Å². The number of nitrogens with zero attached hydrogens (tertiary/aromatic N) is 3. The van der Waals surface area contributed by atoms with Gasteiger partial charge >= 0.3 is 0 Å². The second-order valence-corrected chi connectivity index (χ2v) is 11.0. The van der Waals surface area contributed by atoms with E-state index >= 15 is 0 Å². The first-order valence-electron chi connectivity index (χ1n) is 13.0. The van der Waals surface area contributed by atoms with Crippen molar-refractivity contribution in [3.63, 3.8) is 0 Å². The number of hydrogen-bond donors (Lipinski definition) is 2. The minimum absolute atomic E-state index is 0.0898. The molecule has 1 aromatic carbocycles. The van der Waals surface area contributed by atoms with Gasteiger partial charge in [-0.2, -0.15) is 0 Å². The molecule has 0 spiro atoms. The van der Waals surface area contributed by atoms with E-state index in [1.165, 1.54) is 12.2 Å². The number of allylic oxidation sites excluding steroid dienone is 5. The van der Waals surface area contributed by atoms with E-state index in [-0.39, 0.29) is 36.8 Å². The fraction of sp³-hybridized carbons (Fsp3) is 0.379. The molecule has 5 aliphatic heterocycles. The number of amides is 1. The number of benzene rings is 1. The van der Waals surface area contributed by atoms with Crippen molar-refractivity contribution >= 4 is 11.6 Å². The summed E-state index contributed by atoms with van der Waals surface area (Å²) in [5.74, 6) is -3.09. The van der Waals surface area contributed by atoms with Gasteiger partial charge in [0.15, 0.2) is 0 Å². The maximum atomic E-state index is 14.2. The second-order valence-electron chi connectivity index (χ2n) is 11.0. The molecule has 2 N–H and O–H groups in total. The van der Waals surface area contributed by atoms with Crippen LogP contribution < -0.4 is 10.6 Å². The van der Waals surface area contributed by atoms with Gasteiger partial charge in [0.25, 0.3) is 11.8 Å². The molecular weight excluding hydrogens is 491 g/mol.